The Balaban J connectivity index is 1.95. The monoisotopic (exact) mass is 424 g/mol. The summed E-state index contributed by atoms with van der Waals surface area (Å²) in [6, 6.07) is 5.44. The molecule has 2 aromatic heterocycles. The Morgan fingerprint density at radius 1 is 1.23 bits per heavy atom. The van der Waals surface area contributed by atoms with E-state index in [9.17, 15) is 23.3 Å². The first-order chi connectivity index (χ1) is 14.1. The second-order valence-electron chi connectivity index (χ2n) is 5.98. The van der Waals surface area contributed by atoms with Crippen molar-refractivity contribution in [3.05, 3.63) is 57.7 Å². The van der Waals surface area contributed by atoms with Gasteiger partial charge in [-0.2, -0.15) is 23.0 Å². The molecule has 158 valence electrons. The van der Waals surface area contributed by atoms with E-state index in [1.54, 1.807) is 12.1 Å². The lowest BCUT2D eigenvalue weighted by Gasteiger charge is -2.12. The lowest BCUT2D eigenvalue weighted by atomic mass is 10.1. The first kappa shape index (κ1) is 20.8. The zero-order valence-corrected chi connectivity index (χ0v) is 15.7. The summed E-state index contributed by atoms with van der Waals surface area (Å²) in [5.74, 6) is 0.0517. The molecule has 0 bridgehead atoms. The number of nitrogen functional groups attached to an aromatic ring is 1. The van der Waals surface area contributed by atoms with E-state index in [4.69, 9.17) is 15.2 Å². The predicted octanol–water partition coefficient (Wildman–Crippen LogP) is 2.78. The Hall–Kier alpha value is -3.90. The van der Waals surface area contributed by atoms with Crippen molar-refractivity contribution in [1.82, 2.24) is 19.7 Å². The highest BCUT2D eigenvalue weighted by molar-refractivity contribution is 5.52. The van der Waals surface area contributed by atoms with Gasteiger partial charge in [-0.15, -0.1) is 0 Å². The summed E-state index contributed by atoms with van der Waals surface area (Å²) in [6.07, 6.45) is -3.47. The van der Waals surface area contributed by atoms with Gasteiger partial charge in [0.15, 0.2) is 5.69 Å². The summed E-state index contributed by atoms with van der Waals surface area (Å²) in [5, 5.41) is 14.4. The molecule has 0 aliphatic heterocycles. The topological polar surface area (TPSA) is 131 Å². The number of hydrogen-bond acceptors (Lipinski definition) is 8. The summed E-state index contributed by atoms with van der Waals surface area (Å²) in [6.45, 7) is 0. The van der Waals surface area contributed by atoms with Crippen LogP contribution in [0.15, 0.2) is 30.5 Å². The zero-order chi connectivity index (χ0) is 22.1. The van der Waals surface area contributed by atoms with Gasteiger partial charge in [-0.05, 0) is 17.7 Å². The molecule has 0 aliphatic rings. The van der Waals surface area contributed by atoms with E-state index in [0.717, 1.165) is 16.9 Å². The Labute approximate surface area is 167 Å². The average molecular weight is 424 g/mol. The van der Waals surface area contributed by atoms with E-state index in [0.29, 0.717) is 5.56 Å². The van der Waals surface area contributed by atoms with Crippen molar-refractivity contribution in [1.29, 1.82) is 0 Å². The fourth-order valence-electron chi connectivity index (χ4n) is 2.66. The molecular weight excluding hydrogens is 409 g/mol. The minimum Gasteiger partial charge on any atom is -0.494 e. The maximum Gasteiger partial charge on any atom is 0.435 e. The predicted molar refractivity (Wildman–Crippen MR) is 97.6 cm³/mol. The van der Waals surface area contributed by atoms with Crippen molar-refractivity contribution in [3.8, 4) is 17.3 Å². The number of rotatable bonds is 6. The largest absolute Gasteiger partial charge is 0.494 e. The van der Waals surface area contributed by atoms with Crippen molar-refractivity contribution in [2.24, 2.45) is 0 Å². The van der Waals surface area contributed by atoms with Crippen molar-refractivity contribution >= 4 is 11.5 Å². The van der Waals surface area contributed by atoms with Crippen molar-refractivity contribution in [2.75, 3.05) is 20.0 Å². The van der Waals surface area contributed by atoms with Crippen LogP contribution < -0.4 is 15.2 Å². The van der Waals surface area contributed by atoms with Crippen molar-refractivity contribution < 1.29 is 27.6 Å². The summed E-state index contributed by atoms with van der Waals surface area (Å²) in [4.78, 5) is 17.9. The number of anilines is 1. The van der Waals surface area contributed by atoms with Crippen LogP contribution in [-0.2, 0) is 12.6 Å². The highest BCUT2D eigenvalue weighted by Gasteiger charge is 2.35. The van der Waals surface area contributed by atoms with Crippen LogP contribution in [0.25, 0.3) is 5.69 Å². The quantitative estimate of drug-likeness (QED) is 0.472. The van der Waals surface area contributed by atoms with Gasteiger partial charge in [0.1, 0.15) is 23.5 Å². The molecule has 0 aliphatic carbocycles. The van der Waals surface area contributed by atoms with E-state index in [1.807, 2.05) is 0 Å². The lowest BCUT2D eigenvalue weighted by Crippen LogP contribution is -2.08. The molecule has 3 aromatic rings. The molecule has 2 N–H and O–H groups in total. The smallest absolute Gasteiger partial charge is 0.435 e. The van der Waals surface area contributed by atoms with E-state index in [2.05, 4.69) is 15.1 Å². The van der Waals surface area contributed by atoms with Gasteiger partial charge in [-0.25, -0.2) is 9.97 Å². The van der Waals surface area contributed by atoms with Crippen LogP contribution in [-0.4, -0.2) is 38.9 Å². The molecule has 0 unspecified atom stereocenters. The minimum absolute atomic E-state index is 0.125. The number of nitrogens with two attached hydrogens (primary N) is 1. The first-order valence-corrected chi connectivity index (χ1v) is 8.28. The number of hydrogen-bond donors (Lipinski definition) is 1. The molecule has 13 heteroatoms. The molecule has 0 amide bonds. The maximum absolute atomic E-state index is 13.0. The maximum atomic E-state index is 13.0. The molecule has 0 radical (unpaired) electrons. The number of nitro groups is 1. The average Bonchev–Trinajstić information content (AvgIpc) is 3.12. The molecule has 0 atom stereocenters. The first-order valence-electron chi connectivity index (χ1n) is 8.28. The molecular formula is C17H15F3N6O4. The standard InChI is InChI=1S/C17H15F3N6O4/c1-29-12-5-9(6-14-22-8-11(26(27)28)16(21)23-14)3-4-10(12)25-15(30-2)7-13(24-25)17(18,19)20/h3-5,7-8H,6H2,1-2H3,(H2,21,22,23). The second-order valence-corrected chi connectivity index (χ2v) is 5.98. The van der Waals surface area contributed by atoms with Crippen LogP contribution in [0.2, 0.25) is 0 Å². The third-order valence-corrected chi connectivity index (χ3v) is 4.06. The van der Waals surface area contributed by atoms with Crippen LogP contribution in [0, 0.1) is 10.1 Å². The van der Waals surface area contributed by atoms with Crippen LogP contribution >= 0.6 is 0 Å². The van der Waals surface area contributed by atoms with E-state index >= 15 is 0 Å². The summed E-state index contributed by atoms with van der Waals surface area (Å²) < 4.78 is 50.3. The second kappa shape index (κ2) is 7.85. The SMILES string of the molecule is COc1cc(Cc2ncc([N+](=O)[O-])c(N)n2)ccc1-n1nc(C(F)(F)F)cc1OC. The molecule has 10 nitrogen and oxygen atoms in total. The third kappa shape index (κ3) is 4.09. The number of ether oxygens (including phenoxy) is 2. The van der Waals surface area contributed by atoms with Gasteiger partial charge < -0.3 is 15.2 Å². The Morgan fingerprint density at radius 3 is 2.53 bits per heavy atom. The van der Waals surface area contributed by atoms with E-state index in [-0.39, 0.29) is 35.4 Å². The number of benzene rings is 1. The fourth-order valence-corrected chi connectivity index (χ4v) is 2.66. The number of nitrogens with zero attached hydrogens (tertiary/aromatic N) is 5. The highest BCUT2D eigenvalue weighted by atomic mass is 19.4. The Kier molecular flexibility index (Phi) is 5.45. The fraction of sp³-hybridized carbons (Fsp3) is 0.235. The molecule has 3 rings (SSSR count). The van der Waals surface area contributed by atoms with Crippen LogP contribution in [0.1, 0.15) is 17.1 Å². The van der Waals surface area contributed by atoms with Gasteiger partial charge in [-0.1, -0.05) is 6.07 Å². The van der Waals surface area contributed by atoms with Crippen LogP contribution in [0.5, 0.6) is 11.6 Å². The van der Waals surface area contributed by atoms with Crippen LogP contribution in [0.4, 0.5) is 24.7 Å². The van der Waals surface area contributed by atoms with Gasteiger partial charge in [-0.3, -0.25) is 10.1 Å². The Bertz CT molecular complexity index is 1100. The third-order valence-electron chi connectivity index (χ3n) is 4.06. The number of alkyl halides is 3. The molecule has 1 aromatic carbocycles. The molecule has 0 saturated heterocycles. The zero-order valence-electron chi connectivity index (χ0n) is 15.7. The van der Waals surface area contributed by atoms with Gasteiger partial charge in [0.25, 0.3) is 0 Å². The van der Waals surface area contributed by atoms with Gasteiger partial charge in [0.05, 0.1) is 19.1 Å². The molecule has 2 heterocycles. The number of methoxy groups -OCH3 is 2. The number of halogens is 3. The normalized spacial score (nSPS) is 11.4. The van der Waals surface area contributed by atoms with Gasteiger partial charge in [0, 0.05) is 12.5 Å². The highest BCUT2D eigenvalue weighted by Crippen LogP contribution is 2.34. The number of aromatic nitrogens is 4. The van der Waals surface area contributed by atoms with Crippen molar-refractivity contribution in [3.63, 3.8) is 0 Å². The minimum atomic E-state index is -4.64. The summed E-state index contributed by atoms with van der Waals surface area (Å²) >= 11 is 0. The summed E-state index contributed by atoms with van der Waals surface area (Å²) in [5.41, 5.74) is 4.90. The van der Waals surface area contributed by atoms with E-state index in [1.165, 1.54) is 20.3 Å². The van der Waals surface area contributed by atoms with Crippen molar-refractivity contribution in [2.45, 2.75) is 12.6 Å². The molecule has 0 spiro atoms. The Morgan fingerprint density at radius 2 is 1.97 bits per heavy atom. The van der Waals surface area contributed by atoms with E-state index < -0.39 is 22.5 Å². The molecule has 30 heavy (non-hydrogen) atoms. The van der Waals surface area contributed by atoms with Crippen LogP contribution in [0.3, 0.4) is 0 Å². The lowest BCUT2D eigenvalue weighted by molar-refractivity contribution is -0.384. The summed E-state index contributed by atoms with van der Waals surface area (Å²) in [7, 11) is 2.58. The van der Waals surface area contributed by atoms with Gasteiger partial charge in [0.2, 0.25) is 11.7 Å². The van der Waals surface area contributed by atoms with Gasteiger partial charge >= 0.3 is 11.9 Å². The molecule has 0 saturated carbocycles. The molecule has 0 fully saturated rings.